The summed E-state index contributed by atoms with van der Waals surface area (Å²) >= 11 is 7.64. The van der Waals surface area contributed by atoms with Gasteiger partial charge in [0.2, 0.25) is 5.13 Å². The SMILES string of the molecule is COc1ccc(C(=O)Nc2c(C)cc3nc(NN=C(C)C)sc3c2C)cc1Cl. The van der Waals surface area contributed by atoms with Crippen LogP contribution in [0, 0.1) is 13.8 Å². The number of hydrogen-bond acceptors (Lipinski definition) is 6. The first-order chi connectivity index (χ1) is 13.3. The number of rotatable bonds is 5. The van der Waals surface area contributed by atoms with E-state index in [2.05, 4.69) is 20.8 Å². The zero-order chi connectivity index (χ0) is 20.4. The number of anilines is 2. The minimum Gasteiger partial charge on any atom is -0.495 e. The van der Waals surface area contributed by atoms with Gasteiger partial charge in [-0.25, -0.2) is 4.98 Å². The van der Waals surface area contributed by atoms with Crippen LogP contribution in [0.3, 0.4) is 0 Å². The third-order valence-corrected chi connectivity index (χ3v) is 5.53. The highest BCUT2D eigenvalue weighted by molar-refractivity contribution is 7.22. The molecule has 1 amide bonds. The summed E-state index contributed by atoms with van der Waals surface area (Å²) < 4.78 is 6.14. The van der Waals surface area contributed by atoms with Crippen LogP contribution in [0.25, 0.3) is 10.2 Å². The quantitative estimate of drug-likeness (QED) is 0.417. The summed E-state index contributed by atoms with van der Waals surface area (Å²) in [5.74, 6) is 0.297. The predicted molar refractivity (Wildman–Crippen MR) is 117 cm³/mol. The molecule has 0 saturated heterocycles. The number of carbonyl (C=O) groups is 1. The van der Waals surface area contributed by atoms with Gasteiger partial charge in [-0.1, -0.05) is 22.9 Å². The van der Waals surface area contributed by atoms with E-state index in [1.165, 1.54) is 18.4 Å². The number of benzene rings is 2. The lowest BCUT2D eigenvalue weighted by Gasteiger charge is -2.13. The van der Waals surface area contributed by atoms with Gasteiger partial charge in [0.1, 0.15) is 5.75 Å². The molecule has 0 aliphatic rings. The van der Waals surface area contributed by atoms with Crippen molar-refractivity contribution in [3.63, 3.8) is 0 Å². The summed E-state index contributed by atoms with van der Waals surface area (Å²) in [5, 5.41) is 8.31. The van der Waals surface area contributed by atoms with Crippen molar-refractivity contribution in [2.24, 2.45) is 5.10 Å². The van der Waals surface area contributed by atoms with Gasteiger partial charge in [-0.05, 0) is 63.1 Å². The zero-order valence-corrected chi connectivity index (χ0v) is 17.9. The summed E-state index contributed by atoms with van der Waals surface area (Å²) in [6, 6.07) is 6.92. The Bertz CT molecular complexity index is 1090. The lowest BCUT2D eigenvalue weighted by Crippen LogP contribution is -2.14. The van der Waals surface area contributed by atoms with Crippen LogP contribution >= 0.6 is 22.9 Å². The number of nitrogens with zero attached hydrogens (tertiary/aromatic N) is 2. The third-order valence-electron chi connectivity index (χ3n) is 4.14. The Labute approximate surface area is 172 Å². The number of nitrogens with one attached hydrogen (secondary N) is 2. The molecule has 1 aromatic heterocycles. The Kier molecular flexibility index (Phi) is 5.86. The van der Waals surface area contributed by atoms with Crippen LogP contribution in [-0.2, 0) is 0 Å². The Morgan fingerprint density at radius 3 is 2.64 bits per heavy atom. The van der Waals surface area contributed by atoms with Crippen molar-refractivity contribution in [2.45, 2.75) is 27.7 Å². The van der Waals surface area contributed by atoms with Crippen LogP contribution in [0.4, 0.5) is 10.8 Å². The van der Waals surface area contributed by atoms with Gasteiger partial charge in [-0.2, -0.15) is 5.10 Å². The lowest BCUT2D eigenvalue weighted by molar-refractivity contribution is 0.102. The van der Waals surface area contributed by atoms with Crippen LogP contribution in [0.5, 0.6) is 5.75 Å². The fourth-order valence-corrected chi connectivity index (χ4v) is 3.93. The molecule has 2 aromatic carbocycles. The third kappa shape index (κ3) is 4.10. The second kappa shape index (κ2) is 8.16. The fourth-order valence-electron chi connectivity index (χ4n) is 2.78. The van der Waals surface area contributed by atoms with Gasteiger partial charge in [-0.3, -0.25) is 10.2 Å². The lowest BCUT2D eigenvalue weighted by atomic mass is 10.1. The second-order valence-corrected chi connectivity index (χ2v) is 7.94. The van der Waals surface area contributed by atoms with Crippen LogP contribution in [-0.4, -0.2) is 23.7 Å². The minimum absolute atomic E-state index is 0.232. The van der Waals surface area contributed by atoms with E-state index in [4.69, 9.17) is 16.3 Å². The molecule has 0 bridgehead atoms. The topological polar surface area (TPSA) is 75.6 Å². The number of halogens is 1. The first-order valence-corrected chi connectivity index (χ1v) is 9.82. The van der Waals surface area contributed by atoms with E-state index in [1.54, 1.807) is 18.2 Å². The maximum Gasteiger partial charge on any atom is 0.255 e. The molecule has 0 unspecified atom stereocenters. The van der Waals surface area contributed by atoms with Crippen molar-refractivity contribution < 1.29 is 9.53 Å². The highest BCUT2D eigenvalue weighted by Crippen LogP contribution is 2.35. The highest BCUT2D eigenvalue weighted by Gasteiger charge is 2.16. The zero-order valence-electron chi connectivity index (χ0n) is 16.3. The second-order valence-electron chi connectivity index (χ2n) is 6.54. The molecule has 8 heteroatoms. The van der Waals surface area contributed by atoms with Crippen LogP contribution in [0.1, 0.15) is 35.3 Å². The maximum absolute atomic E-state index is 12.7. The molecule has 3 aromatic rings. The summed E-state index contributed by atoms with van der Waals surface area (Å²) in [6.45, 7) is 7.75. The summed E-state index contributed by atoms with van der Waals surface area (Å²) in [5.41, 5.74) is 7.89. The summed E-state index contributed by atoms with van der Waals surface area (Å²) in [4.78, 5) is 17.3. The molecule has 3 rings (SSSR count). The van der Waals surface area contributed by atoms with Crippen molar-refractivity contribution >= 4 is 55.6 Å². The van der Waals surface area contributed by atoms with E-state index in [1.807, 2.05) is 33.8 Å². The molecule has 2 N–H and O–H groups in total. The number of amides is 1. The van der Waals surface area contributed by atoms with Gasteiger partial charge in [0.05, 0.1) is 22.3 Å². The molecule has 28 heavy (non-hydrogen) atoms. The van der Waals surface area contributed by atoms with Gasteiger partial charge < -0.3 is 10.1 Å². The van der Waals surface area contributed by atoms with Crippen molar-refractivity contribution in [3.8, 4) is 5.75 Å². The van der Waals surface area contributed by atoms with Crippen LogP contribution in [0.15, 0.2) is 29.4 Å². The number of ether oxygens (including phenoxy) is 1. The smallest absolute Gasteiger partial charge is 0.255 e. The Morgan fingerprint density at radius 1 is 1.25 bits per heavy atom. The molecular formula is C20H21ClN4O2S. The van der Waals surface area contributed by atoms with Gasteiger partial charge in [0, 0.05) is 17.0 Å². The minimum atomic E-state index is -0.232. The van der Waals surface area contributed by atoms with Gasteiger partial charge in [0.15, 0.2) is 0 Å². The molecule has 1 heterocycles. The average Bonchev–Trinajstić information content (AvgIpc) is 3.06. The normalized spacial score (nSPS) is 10.6. The molecule has 0 spiro atoms. The number of aromatic nitrogens is 1. The van der Waals surface area contributed by atoms with Gasteiger partial charge in [-0.15, -0.1) is 0 Å². The largest absolute Gasteiger partial charge is 0.495 e. The van der Waals surface area contributed by atoms with E-state index >= 15 is 0 Å². The standard InChI is InChI=1S/C20H21ClN4O2S/c1-10(2)24-25-20-22-15-8-11(3)17(12(4)18(15)28-20)23-19(26)13-6-7-16(27-5)14(21)9-13/h6-9H,1-5H3,(H,22,25)(H,23,26). The van der Waals surface area contributed by atoms with Gasteiger partial charge >= 0.3 is 0 Å². The molecular weight excluding hydrogens is 396 g/mol. The first kappa shape index (κ1) is 20.1. The molecule has 0 atom stereocenters. The van der Waals surface area contributed by atoms with Crippen molar-refractivity contribution in [1.29, 1.82) is 0 Å². The average molecular weight is 417 g/mol. The van der Waals surface area contributed by atoms with E-state index in [9.17, 15) is 4.79 Å². The predicted octanol–water partition coefficient (Wildman–Crippen LogP) is 5.64. The first-order valence-electron chi connectivity index (χ1n) is 8.62. The van der Waals surface area contributed by atoms with Crippen molar-refractivity contribution in [1.82, 2.24) is 4.98 Å². The number of aryl methyl sites for hydroxylation is 2. The van der Waals surface area contributed by atoms with E-state index < -0.39 is 0 Å². The number of methoxy groups -OCH3 is 1. The Hall–Kier alpha value is -2.64. The highest BCUT2D eigenvalue weighted by atomic mass is 35.5. The number of thiazole rings is 1. The Morgan fingerprint density at radius 2 is 2.00 bits per heavy atom. The van der Waals surface area contributed by atoms with E-state index in [0.717, 1.165) is 32.7 Å². The van der Waals surface area contributed by atoms with Gasteiger partial charge in [0.25, 0.3) is 5.91 Å². The molecule has 0 aliphatic heterocycles. The number of carbonyl (C=O) groups excluding carboxylic acids is 1. The Balaban J connectivity index is 1.93. The molecule has 0 aliphatic carbocycles. The van der Waals surface area contributed by atoms with E-state index in [0.29, 0.717) is 21.5 Å². The number of hydrogen-bond donors (Lipinski definition) is 2. The van der Waals surface area contributed by atoms with Crippen LogP contribution < -0.4 is 15.5 Å². The summed E-state index contributed by atoms with van der Waals surface area (Å²) in [6.07, 6.45) is 0. The van der Waals surface area contributed by atoms with Crippen molar-refractivity contribution in [2.75, 3.05) is 17.9 Å². The molecule has 0 radical (unpaired) electrons. The number of hydrazone groups is 1. The maximum atomic E-state index is 12.7. The molecule has 6 nitrogen and oxygen atoms in total. The van der Waals surface area contributed by atoms with E-state index in [-0.39, 0.29) is 5.91 Å². The fraction of sp³-hybridized carbons (Fsp3) is 0.250. The summed E-state index contributed by atoms with van der Waals surface area (Å²) in [7, 11) is 1.54. The molecule has 0 fully saturated rings. The van der Waals surface area contributed by atoms with Crippen LogP contribution in [0.2, 0.25) is 5.02 Å². The monoisotopic (exact) mass is 416 g/mol. The number of fused-ring (bicyclic) bond motifs is 1. The molecule has 146 valence electrons. The molecule has 0 saturated carbocycles. The van der Waals surface area contributed by atoms with Crippen molar-refractivity contribution in [3.05, 3.63) is 46.0 Å².